The Hall–Kier alpha value is -2.28. The number of nitrogens with one attached hydrogen (secondary N) is 1. The minimum Gasteiger partial charge on any atom is -0.378 e. The molecule has 0 unspecified atom stereocenters. The van der Waals surface area contributed by atoms with E-state index in [1.165, 1.54) is 24.3 Å². The van der Waals surface area contributed by atoms with Gasteiger partial charge in [0.25, 0.3) is 0 Å². The fourth-order valence-electron chi connectivity index (χ4n) is 3.15. The zero-order chi connectivity index (χ0) is 20.5. The number of Topliss-reactive ketones (excluding diaryl/α,β-unsaturated/α-hetero) is 1. The van der Waals surface area contributed by atoms with Crippen molar-refractivity contribution in [1.29, 1.82) is 0 Å². The normalized spacial score (nSPS) is 15.4. The number of morpholine rings is 1. The number of carbonyl (C=O) groups is 3. The standard InChI is InChI=1S/C21H29FN2O4/c1-15(2)14-18(21(27)24-10-12-28-13-11-24)23-20(26)5-3-4-19(25)16-6-8-17(22)9-7-16/h6-9,15,18H,3-5,10-14H2,1-2H3,(H,23,26)/t18-/m1/s1. The molecule has 0 spiro atoms. The van der Waals surface area contributed by atoms with Gasteiger partial charge in [-0.1, -0.05) is 13.8 Å². The SMILES string of the molecule is CC(C)C[C@@H](NC(=O)CCCC(=O)c1ccc(F)cc1)C(=O)N1CCOCC1. The molecule has 1 aromatic carbocycles. The Kier molecular flexibility index (Phi) is 8.57. The zero-order valence-corrected chi connectivity index (χ0v) is 16.6. The summed E-state index contributed by atoms with van der Waals surface area (Å²) < 4.78 is 18.2. The second-order valence-electron chi connectivity index (χ2n) is 7.47. The molecule has 1 saturated heterocycles. The Morgan fingerprint density at radius 2 is 1.75 bits per heavy atom. The molecule has 0 aromatic heterocycles. The molecular formula is C21H29FN2O4. The van der Waals surface area contributed by atoms with Crippen molar-refractivity contribution in [1.82, 2.24) is 10.2 Å². The number of ketones is 1. The van der Waals surface area contributed by atoms with Gasteiger partial charge in [-0.25, -0.2) is 4.39 Å². The molecule has 1 N–H and O–H groups in total. The van der Waals surface area contributed by atoms with Crippen molar-refractivity contribution in [2.45, 2.75) is 45.6 Å². The Bertz CT molecular complexity index is 669. The molecular weight excluding hydrogens is 363 g/mol. The molecule has 1 heterocycles. The first-order valence-electron chi connectivity index (χ1n) is 9.81. The van der Waals surface area contributed by atoms with Crippen LogP contribution in [0.15, 0.2) is 24.3 Å². The summed E-state index contributed by atoms with van der Waals surface area (Å²) in [4.78, 5) is 38.9. The predicted molar refractivity (Wildman–Crippen MR) is 103 cm³/mol. The van der Waals surface area contributed by atoms with Crippen LogP contribution in [0, 0.1) is 11.7 Å². The molecule has 154 valence electrons. The van der Waals surface area contributed by atoms with Crippen LogP contribution in [0.2, 0.25) is 0 Å². The molecule has 28 heavy (non-hydrogen) atoms. The van der Waals surface area contributed by atoms with Gasteiger partial charge in [-0.3, -0.25) is 14.4 Å². The first-order chi connectivity index (χ1) is 13.4. The van der Waals surface area contributed by atoms with Gasteiger partial charge in [0.15, 0.2) is 5.78 Å². The summed E-state index contributed by atoms with van der Waals surface area (Å²) in [5.74, 6) is -0.574. The van der Waals surface area contributed by atoms with E-state index in [1.54, 1.807) is 4.90 Å². The lowest BCUT2D eigenvalue weighted by Gasteiger charge is -2.31. The van der Waals surface area contributed by atoms with Crippen molar-refractivity contribution in [2.75, 3.05) is 26.3 Å². The Labute approximate surface area is 165 Å². The highest BCUT2D eigenvalue weighted by molar-refractivity contribution is 5.96. The summed E-state index contributed by atoms with van der Waals surface area (Å²) in [6.45, 7) is 6.12. The zero-order valence-electron chi connectivity index (χ0n) is 16.6. The second kappa shape index (κ2) is 10.9. The lowest BCUT2D eigenvalue weighted by atomic mass is 10.0. The fourth-order valence-corrected chi connectivity index (χ4v) is 3.15. The number of carbonyl (C=O) groups excluding carboxylic acids is 3. The fraction of sp³-hybridized carbons (Fsp3) is 0.571. The third-order valence-electron chi connectivity index (χ3n) is 4.64. The third kappa shape index (κ3) is 7.03. The Morgan fingerprint density at radius 1 is 1.11 bits per heavy atom. The van der Waals surface area contributed by atoms with E-state index in [0.29, 0.717) is 44.7 Å². The molecule has 0 radical (unpaired) electrons. The summed E-state index contributed by atoms with van der Waals surface area (Å²) in [6, 6.07) is 4.81. The van der Waals surface area contributed by atoms with Gasteiger partial charge in [0.05, 0.1) is 13.2 Å². The van der Waals surface area contributed by atoms with Gasteiger partial charge >= 0.3 is 0 Å². The molecule has 1 aromatic rings. The quantitative estimate of drug-likeness (QED) is 0.656. The maximum atomic E-state index is 12.9. The van der Waals surface area contributed by atoms with Crippen LogP contribution in [-0.4, -0.2) is 54.8 Å². The average molecular weight is 392 g/mol. The first kappa shape index (κ1) is 22.0. The number of halogens is 1. The number of amides is 2. The number of nitrogens with zero attached hydrogens (tertiary/aromatic N) is 1. The molecule has 6 nitrogen and oxygen atoms in total. The van der Waals surface area contributed by atoms with Crippen molar-refractivity contribution >= 4 is 17.6 Å². The van der Waals surface area contributed by atoms with Gasteiger partial charge in [-0.15, -0.1) is 0 Å². The largest absolute Gasteiger partial charge is 0.378 e. The highest BCUT2D eigenvalue weighted by Gasteiger charge is 2.27. The van der Waals surface area contributed by atoms with Gasteiger partial charge in [-0.05, 0) is 43.0 Å². The minimum absolute atomic E-state index is 0.0762. The van der Waals surface area contributed by atoms with Crippen LogP contribution >= 0.6 is 0 Å². The van der Waals surface area contributed by atoms with Gasteiger partial charge in [0.2, 0.25) is 11.8 Å². The molecule has 1 aliphatic heterocycles. The maximum Gasteiger partial charge on any atom is 0.245 e. The number of hydrogen-bond acceptors (Lipinski definition) is 4. The predicted octanol–water partition coefficient (Wildman–Crippen LogP) is 2.57. The monoisotopic (exact) mass is 392 g/mol. The molecule has 1 atom stereocenters. The van der Waals surface area contributed by atoms with Gasteiger partial charge in [0, 0.05) is 31.5 Å². The van der Waals surface area contributed by atoms with Crippen molar-refractivity contribution in [3.8, 4) is 0 Å². The number of rotatable bonds is 9. The van der Waals surface area contributed by atoms with Gasteiger partial charge in [0.1, 0.15) is 11.9 Å². The van der Waals surface area contributed by atoms with E-state index >= 15 is 0 Å². The van der Waals surface area contributed by atoms with Crippen molar-refractivity contribution < 1.29 is 23.5 Å². The van der Waals surface area contributed by atoms with Crippen LogP contribution in [0.3, 0.4) is 0 Å². The van der Waals surface area contributed by atoms with Crippen molar-refractivity contribution in [2.24, 2.45) is 5.92 Å². The van der Waals surface area contributed by atoms with Crippen LogP contribution in [0.5, 0.6) is 0 Å². The molecule has 2 amide bonds. The van der Waals surface area contributed by atoms with Crippen LogP contribution in [0.1, 0.15) is 49.9 Å². The van der Waals surface area contributed by atoms with Crippen molar-refractivity contribution in [3.05, 3.63) is 35.6 Å². The second-order valence-corrected chi connectivity index (χ2v) is 7.47. The van der Waals surface area contributed by atoms with E-state index in [2.05, 4.69) is 5.32 Å². The highest BCUT2D eigenvalue weighted by Crippen LogP contribution is 2.12. The summed E-state index contributed by atoms with van der Waals surface area (Å²) in [5, 5.41) is 2.83. The highest BCUT2D eigenvalue weighted by atomic mass is 19.1. The van der Waals surface area contributed by atoms with E-state index < -0.39 is 11.9 Å². The summed E-state index contributed by atoms with van der Waals surface area (Å²) in [6.07, 6.45) is 1.31. The average Bonchev–Trinajstić information content (AvgIpc) is 2.67. The Balaban J connectivity index is 1.82. The molecule has 0 aliphatic carbocycles. The molecule has 0 saturated carbocycles. The number of hydrogen-bond donors (Lipinski definition) is 1. The van der Waals surface area contributed by atoms with Gasteiger partial charge in [-0.2, -0.15) is 0 Å². The molecule has 1 aliphatic rings. The number of ether oxygens (including phenoxy) is 1. The third-order valence-corrected chi connectivity index (χ3v) is 4.64. The summed E-state index contributed by atoms with van der Waals surface area (Å²) in [7, 11) is 0. The van der Waals surface area contributed by atoms with Crippen LogP contribution in [0.25, 0.3) is 0 Å². The molecule has 7 heteroatoms. The van der Waals surface area contributed by atoms with Crippen LogP contribution < -0.4 is 5.32 Å². The maximum absolute atomic E-state index is 12.9. The summed E-state index contributed by atoms with van der Waals surface area (Å²) >= 11 is 0. The van der Waals surface area contributed by atoms with E-state index in [-0.39, 0.29) is 36.4 Å². The lowest BCUT2D eigenvalue weighted by molar-refractivity contribution is -0.140. The van der Waals surface area contributed by atoms with Crippen molar-refractivity contribution in [3.63, 3.8) is 0 Å². The number of benzene rings is 1. The molecule has 1 fully saturated rings. The lowest BCUT2D eigenvalue weighted by Crippen LogP contribution is -2.52. The minimum atomic E-state index is -0.557. The van der Waals surface area contributed by atoms with Gasteiger partial charge < -0.3 is 15.0 Å². The smallest absolute Gasteiger partial charge is 0.245 e. The topological polar surface area (TPSA) is 75.7 Å². The Morgan fingerprint density at radius 3 is 2.36 bits per heavy atom. The van der Waals surface area contributed by atoms with E-state index in [0.717, 1.165) is 0 Å². The van der Waals surface area contributed by atoms with Crippen LogP contribution in [0.4, 0.5) is 4.39 Å². The summed E-state index contributed by atoms with van der Waals surface area (Å²) in [5.41, 5.74) is 0.432. The first-order valence-corrected chi connectivity index (χ1v) is 9.81. The van der Waals surface area contributed by atoms with E-state index in [9.17, 15) is 18.8 Å². The van der Waals surface area contributed by atoms with Crippen LogP contribution in [-0.2, 0) is 14.3 Å². The van der Waals surface area contributed by atoms with E-state index in [1.807, 2.05) is 13.8 Å². The molecule has 2 rings (SSSR count). The molecule has 0 bridgehead atoms. The van der Waals surface area contributed by atoms with E-state index in [4.69, 9.17) is 4.74 Å².